The van der Waals surface area contributed by atoms with Crippen LogP contribution in [0.15, 0.2) is 53.3 Å². The van der Waals surface area contributed by atoms with E-state index < -0.39 is 22.7 Å². The number of carbonyl (C=O) groups is 1. The lowest BCUT2D eigenvalue weighted by Gasteiger charge is -2.18. The first-order valence-corrected chi connectivity index (χ1v) is 9.38. The average Bonchev–Trinajstić information content (AvgIpc) is 2.70. The third kappa shape index (κ3) is 4.88. The molecule has 2 aromatic carbocycles. The van der Waals surface area contributed by atoms with Crippen molar-refractivity contribution in [1.82, 2.24) is 14.9 Å². The Morgan fingerprint density at radius 1 is 1.23 bits per heavy atom. The number of hydrogen-bond donors (Lipinski definition) is 1. The van der Waals surface area contributed by atoms with E-state index in [0.717, 1.165) is 12.1 Å². The zero-order chi connectivity index (χ0) is 21.9. The quantitative estimate of drug-likeness (QED) is 0.593. The van der Waals surface area contributed by atoms with Crippen LogP contribution in [0.5, 0.6) is 0 Å². The summed E-state index contributed by atoms with van der Waals surface area (Å²) in [5, 5.41) is 0.0335. The third-order valence-corrected chi connectivity index (χ3v) is 4.74. The molecule has 9 heteroatoms. The van der Waals surface area contributed by atoms with Gasteiger partial charge < -0.3 is 9.88 Å². The van der Waals surface area contributed by atoms with E-state index in [9.17, 15) is 22.8 Å². The Kier molecular flexibility index (Phi) is 6.26. The average molecular weight is 436 g/mol. The molecule has 1 aromatic heterocycles. The van der Waals surface area contributed by atoms with Gasteiger partial charge in [-0.25, -0.2) is 4.98 Å². The molecule has 0 bridgehead atoms. The van der Waals surface area contributed by atoms with Crippen molar-refractivity contribution in [3.63, 3.8) is 0 Å². The largest absolute Gasteiger partial charge is 0.417 e. The highest BCUT2D eigenvalue weighted by atomic mass is 35.5. The molecule has 156 valence electrons. The fraction of sp³-hybridized carbons (Fsp3) is 0.190. The number of halogens is 4. The number of amides is 1. The van der Waals surface area contributed by atoms with E-state index in [1.165, 1.54) is 23.1 Å². The lowest BCUT2D eigenvalue weighted by Crippen LogP contribution is -2.30. The van der Waals surface area contributed by atoms with Crippen LogP contribution in [0.2, 0.25) is 5.02 Å². The van der Waals surface area contributed by atoms with E-state index in [1.807, 2.05) is 0 Å². The number of H-pyrrole nitrogens is 1. The zero-order valence-electron chi connectivity index (χ0n) is 15.8. The van der Waals surface area contributed by atoms with E-state index >= 15 is 0 Å². The lowest BCUT2D eigenvalue weighted by molar-refractivity contribution is -0.137. The predicted molar refractivity (Wildman–Crippen MR) is 109 cm³/mol. The van der Waals surface area contributed by atoms with Gasteiger partial charge in [-0.1, -0.05) is 29.8 Å². The molecule has 0 aliphatic rings. The van der Waals surface area contributed by atoms with Gasteiger partial charge in [0.1, 0.15) is 5.82 Å². The highest BCUT2D eigenvalue weighted by Crippen LogP contribution is 2.35. The van der Waals surface area contributed by atoms with Gasteiger partial charge in [0.25, 0.3) is 5.56 Å². The van der Waals surface area contributed by atoms with Crippen molar-refractivity contribution in [3.8, 4) is 0 Å². The molecule has 1 amide bonds. The highest BCUT2D eigenvalue weighted by molar-refractivity contribution is 6.31. The van der Waals surface area contributed by atoms with Crippen molar-refractivity contribution < 1.29 is 18.0 Å². The molecule has 0 saturated heterocycles. The first kappa shape index (κ1) is 21.6. The third-order valence-electron chi connectivity index (χ3n) is 4.41. The van der Waals surface area contributed by atoms with E-state index in [4.69, 9.17) is 11.6 Å². The van der Waals surface area contributed by atoms with Gasteiger partial charge >= 0.3 is 6.18 Å². The summed E-state index contributed by atoms with van der Waals surface area (Å²) in [6.45, 7) is 2.11. The van der Waals surface area contributed by atoms with Gasteiger partial charge in [0.05, 0.1) is 28.0 Å². The molecule has 0 fully saturated rings. The second-order valence-electron chi connectivity index (χ2n) is 6.45. The number of rotatable bonds is 5. The minimum Gasteiger partial charge on any atom is -0.332 e. The maximum Gasteiger partial charge on any atom is 0.417 e. The molecule has 3 aromatic rings. The second kappa shape index (κ2) is 8.71. The molecular weight excluding hydrogens is 419 g/mol. The molecule has 1 heterocycles. The monoisotopic (exact) mass is 435 g/mol. The molecule has 30 heavy (non-hydrogen) atoms. The zero-order valence-corrected chi connectivity index (χ0v) is 16.6. The van der Waals surface area contributed by atoms with Crippen LogP contribution in [-0.2, 0) is 17.5 Å². The Morgan fingerprint density at radius 2 is 1.97 bits per heavy atom. The van der Waals surface area contributed by atoms with Crippen molar-refractivity contribution in [2.75, 3.05) is 6.54 Å². The topological polar surface area (TPSA) is 66.1 Å². The molecule has 0 aliphatic heterocycles. The maximum absolute atomic E-state index is 13.0. The number of aromatic amines is 1. The van der Waals surface area contributed by atoms with Crippen LogP contribution in [0.1, 0.15) is 23.9 Å². The molecule has 0 saturated carbocycles. The van der Waals surface area contributed by atoms with Crippen LogP contribution in [0.4, 0.5) is 13.2 Å². The van der Waals surface area contributed by atoms with E-state index in [2.05, 4.69) is 9.97 Å². The van der Waals surface area contributed by atoms with Crippen molar-refractivity contribution in [2.45, 2.75) is 19.6 Å². The minimum absolute atomic E-state index is 0.0498. The van der Waals surface area contributed by atoms with Crippen LogP contribution in [0, 0.1) is 0 Å². The second-order valence-corrected chi connectivity index (χ2v) is 6.86. The molecule has 1 N–H and O–H groups in total. The van der Waals surface area contributed by atoms with Gasteiger partial charge in [0, 0.05) is 12.6 Å². The number of alkyl halides is 3. The molecule has 0 spiro atoms. The summed E-state index contributed by atoms with van der Waals surface area (Å²) in [5.74, 6) is -0.120. The summed E-state index contributed by atoms with van der Waals surface area (Å²) in [4.78, 5) is 33.1. The van der Waals surface area contributed by atoms with Gasteiger partial charge in [-0.3, -0.25) is 9.59 Å². The predicted octanol–water partition coefficient (Wildman–Crippen LogP) is 4.66. The Labute approximate surface area is 174 Å². The number of nitrogens with one attached hydrogen (secondary N) is 1. The lowest BCUT2D eigenvalue weighted by atomic mass is 10.1. The van der Waals surface area contributed by atoms with Crippen molar-refractivity contribution in [1.29, 1.82) is 0 Å². The highest BCUT2D eigenvalue weighted by Gasteiger charge is 2.33. The number of fused-ring (bicyclic) bond motifs is 1. The van der Waals surface area contributed by atoms with Crippen LogP contribution >= 0.6 is 11.6 Å². The summed E-state index contributed by atoms with van der Waals surface area (Å²) in [6.07, 6.45) is -2.13. The van der Waals surface area contributed by atoms with Gasteiger partial charge in [0.2, 0.25) is 5.91 Å². The normalized spacial score (nSPS) is 11.9. The van der Waals surface area contributed by atoms with Gasteiger partial charge in [-0.05, 0) is 42.8 Å². The van der Waals surface area contributed by atoms with Gasteiger partial charge in [0.15, 0.2) is 0 Å². The maximum atomic E-state index is 13.0. The molecule has 0 atom stereocenters. The first-order chi connectivity index (χ1) is 14.2. The number of para-hydroxylation sites is 1. The summed E-state index contributed by atoms with van der Waals surface area (Å²) >= 11 is 5.61. The van der Waals surface area contributed by atoms with E-state index in [1.54, 1.807) is 31.2 Å². The Morgan fingerprint density at radius 3 is 2.67 bits per heavy atom. The van der Waals surface area contributed by atoms with Crippen molar-refractivity contribution in [2.24, 2.45) is 0 Å². The summed E-state index contributed by atoms with van der Waals surface area (Å²) < 4.78 is 38.9. The Bertz CT molecular complexity index is 1170. The van der Waals surface area contributed by atoms with Crippen molar-refractivity contribution in [3.05, 3.63) is 80.9 Å². The fourth-order valence-electron chi connectivity index (χ4n) is 2.87. The number of carbonyl (C=O) groups excluding carboxylic acids is 1. The Hall–Kier alpha value is -3.13. The summed E-state index contributed by atoms with van der Waals surface area (Å²) in [5.41, 5.74) is -0.580. The molecule has 5 nitrogen and oxygen atoms in total. The Balaban J connectivity index is 1.79. The van der Waals surface area contributed by atoms with E-state index in [0.29, 0.717) is 23.3 Å². The molecule has 0 aliphatic carbocycles. The smallest absolute Gasteiger partial charge is 0.332 e. The minimum atomic E-state index is -4.59. The summed E-state index contributed by atoms with van der Waals surface area (Å²) in [7, 11) is 0. The molecule has 3 rings (SSSR count). The number of benzene rings is 2. The van der Waals surface area contributed by atoms with Crippen molar-refractivity contribution >= 4 is 34.5 Å². The SMILES string of the molecule is CCN(Cc1nc2ccccc2c(=O)[nH]1)C(=O)/C=C\c1ccc(Cl)c(C(F)(F)F)c1. The molecule has 0 unspecified atom stereocenters. The van der Waals surface area contributed by atoms with Gasteiger partial charge in [-0.15, -0.1) is 0 Å². The van der Waals surface area contributed by atoms with E-state index in [-0.39, 0.29) is 17.7 Å². The fourth-order valence-corrected chi connectivity index (χ4v) is 3.10. The van der Waals surface area contributed by atoms with Crippen LogP contribution < -0.4 is 5.56 Å². The standard InChI is InChI=1S/C21H17ClF3N3O2/c1-2-28(12-18-26-17-6-4-3-5-14(17)20(30)27-18)19(29)10-8-13-7-9-16(22)15(11-13)21(23,24)25/h3-11H,2,12H2,1H3,(H,26,27,30)/b10-8-. The summed E-state index contributed by atoms with van der Waals surface area (Å²) in [6, 6.07) is 10.2. The number of aromatic nitrogens is 2. The first-order valence-electron chi connectivity index (χ1n) is 9.00. The van der Waals surface area contributed by atoms with Crippen LogP contribution in [-0.4, -0.2) is 27.3 Å². The number of nitrogens with zero attached hydrogens (tertiary/aromatic N) is 2. The molecular formula is C21H17ClF3N3O2. The number of likely N-dealkylation sites (N-methyl/N-ethyl adjacent to an activating group) is 1. The van der Waals surface area contributed by atoms with Crippen LogP contribution in [0.25, 0.3) is 17.0 Å². The van der Waals surface area contributed by atoms with Crippen LogP contribution in [0.3, 0.4) is 0 Å². The number of hydrogen-bond acceptors (Lipinski definition) is 3. The molecule has 0 radical (unpaired) electrons. The van der Waals surface area contributed by atoms with Gasteiger partial charge in [-0.2, -0.15) is 13.2 Å².